The smallest absolute Gasteiger partial charge is 0.311 e. The van der Waals surface area contributed by atoms with Crippen molar-refractivity contribution < 1.29 is 27.4 Å². The van der Waals surface area contributed by atoms with Gasteiger partial charge >= 0.3 is 5.97 Å². The zero-order valence-corrected chi connectivity index (χ0v) is 22.8. The monoisotopic (exact) mass is 520 g/mol. The van der Waals surface area contributed by atoms with E-state index < -0.39 is 27.1 Å². The predicted molar refractivity (Wildman–Crippen MR) is 133 cm³/mol. The van der Waals surface area contributed by atoms with Gasteiger partial charge in [-0.25, -0.2) is 8.42 Å². The van der Waals surface area contributed by atoms with Crippen molar-refractivity contribution in [2.45, 2.75) is 78.0 Å². The molecule has 0 aliphatic carbocycles. The molecule has 0 bridgehead atoms. The molecule has 11 heteroatoms. The van der Waals surface area contributed by atoms with Crippen molar-refractivity contribution in [2.75, 3.05) is 12.4 Å². The quantitative estimate of drug-likeness (QED) is 0.380. The van der Waals surface area contributed by atoms with E-state index in [0.717, 1.165) is 5.57 Å². The highest BCUT2D eigenvalue weighted by Gasteiger charge is 2.42. The van der Waals surface area contributed by atoms with Gasteiger partial charge in [-0.3, -0.25) is 4.79 Å². The van der Waals surface area contributed by atoms with Gasteiger partial charge in [-0.2, -0.15) is 4.68 Å². The summed E-state index contributed by atoms with van der Waals surface area (Å²) in [6.45, 7) is 13.0. The Balaban J connectivity index is 1.71. The number of benzene rings is 1. The lowest BCUT2D eigenvalue weighted by Crippen LogP contribution is -2.51. The third-order valence-corrected chi connectivity index (χ3v) is 7.57. The van der Waals surface area contributed by atoms with Crippen LogP contribution in [0.15, 0.2) is 47.1 Å². The summed E-state index contributed by atoms with van der Waals surface area (Å²) in [5.41, 5.74) is 0.871. The van der Waals surface area contributed by atoms with E-state index in [1.54, 1.807) is 58.9 Å². The van der Waals surface area contributed by atoms with Crippen LogP contribution >= 0.6 is 0 Å². The molecule has 0 saturated carbocycles. The van der Waals surface area contributed by atoms with Crippen molar-refractivity contribution in [3.8, 4) is 5.69 Å². The molecule has 3 atom stereocenters. The van der Waals surface area contributed by atoms with Crippen LogP contribution in [0.4, 0.5) is 0 Å². The van der Waals surface area contributed by atoms with Gasteiger partial charge in [0.05, 0.1) is 29.1 Å². The van der Waals surface area contributed by atoms with Gasteiger partial charge in [0.2, 0.25) is 9.84 Å². The van der Waals surface area contributed by atoms with Gasteiger partial charge in [0.25, 0.3) is 5.16 Å². The first kappa shape index (κ1) is 27.9. The van der Waals surface area contributed by atoms with Crippen molar-refractivity contribution in [1.29, 1.82) is 0 Å². The standard InChI is InChI=1S/C25H36N4O6S/c1-17(13-15-33-22(30)24(3,4)5)21-18(2)20(34-25(6,7)35-21)14-16-36(31,32)23-26-27-28-29(23)19-11-9-8-10-12-19/h8-13,18,20-21H,14-16H2,1-7H3/b17-13-/t18-,20-,21-/m0/s1. The van der Waals surface area contributed by atoms with Crippen LogP contribution < -0.4 is 0 Å². The Morgan fingerprint density at radius 2 is 1.86 bits per heavy atom. The maximum Gasteiger partial charge on any atom is 0.311 e. The molecule has 2 heterocycles. The van der Waals surface area contributed by atoms with E-state index in [2.05, 4.69) is 15.5 Å². The van der Waals surface area contributed by atoms with Gasteiger partial charge in [-0.15, -0.1) is 0 Å². The Bertz CT molecular complexity index is 1180. The SMILES string of the molecule is C/C(=C/COC(=O)C(C)(C)C)[C@@H]1OC(C)(C)O[C@@H](CCS(=O)(=O)c2nnnn2-c2ccccc2)[C@@H]1C. The van der Waals surface area contributed by atoms with Crippen LogP contribution in [0.3, 0.4) is 0 Å². The molecule has 10 nitrogen and oxygen atoms in total. The first-order chi connectivity index (χ1) is 16.7. The maximum absolute atomic E-state index is 13.2. The number of para-hydroxylation sites is 1. The molecule has 1 aliphatic rings. The lowest BCUT2D eigenvalue weighted by Gasteiger charge is -2.45. The lowest BCUT2D eigenvalue weighted by molar-refractivity contribution is -0.311. The normalized spacial score (nSPS) is 22.9. The summed E-state index contributed by atoms with van der Waals surface area (Å²) in [5.74, 6) is -1.54. The number of esters is 1. The number of tetrazole rings is 1. The molecule has 0 spiro atoms. The molecule has 0 unspecified atom stereocenters. The number of carbonyl (C=O) groups is 1. The highest BCUT2D eigenvalue weighted by atomic mass is 32.2. The fourth-order valence-corrected chi connectivity index (χ4v) is 5.28. The van der Waals surface area contributed by atoms with E-state index in [1.165, 1.54) is 4.68 Å². The molecule has 3 rings (SSSR count). The predicted octanol–water partition coefficient (Wildman–Crippen LogP) is 3.52. The van der Waals surface area contributed by atoms with E-state index >= 15 is 0 Å². The summed E-state index contributed by atoms with van der Waals surface area (Å²) < 4.78 is 45.3. The third kappa shape index (κ3) is 6.77. The van der Waals surface area contributed by atoms with Gasteiger partial charge in [-0.1, -0.05) is 30.2 Å². The molecule has 1 aliphatic heterocycles. The van der Waals surface area contributed by atoms with E-state index in [9.17, 15) is 13.2 Å². The Kier molecular flexibility index (Phi) is 8.37. The van der Waals surface area contributed by atoms with Crippen LogP contribution in [-0.4, -0.2) is 64.9 Å². The second-order valence-electron chi connectivity index (χ2n) is 10.6. The highest BCUT2D eigenvalue weighted by Crippen LogP contribution is 2.36. The average molecular weight is 521 g/mol. The number of hydrogen-bond donors (Lipinski definition) is 0. The second kappa shape index (κ2) is 10.8. The lowest BCUT2D eigenvalue weighted by atomic mass is 9.89. The summed E-state index contributed by atoms with van der Waals surface area (Å²) in [6, 6.07) is 8.87. The number of hydrogen-bond acceptors (Lipinski definition) is 9. The summed E-state index contributed by atoms with van der Waals surface area (Å²) in [7, 11) is -3.80. The molecule has 1 saturated heterocycles. The minimum atomic E-state index is -3.80. The summed E-state index contributed by atoms with van der Waals surface area (Å²) in [4.78, 5) is 12.1. The number of rotatable bonds is 8. The number of sulfone groups is 1. The Morgan fingerprint density at radius 3 is 2.50 bits per heavy atom. The summed E-state index contributed by atoms with van der Waals surface area (Å²) in [5, 5.41) is 11.0. The topological polar surface area (TPSA) is 122 Å². The van der Waals surface area contributed by atoms with Gasteiger partial charge in [0.15, 0.2) is 5.79 Å². The molecular weight excluding hydrogens is 484 g/mol. The first-order valence-electron chi connectivity index (χ1n) is 12.0. The number of nitrogens with zero attached hydrogens (tertiary/aromatic N) is 4. The number of ether oxygens (including phenoxy) is 3. The van der Waals surface area contributed by atoms with Crippen molar-refractivity contribution >= 4 is 15.8 Å². The fourth-order valence-electron chi connectivity index (χ4n) is 3.99. The minimum Gasteiger partial charge on any atom is -0.461 e. The van der Waals surface area contributed by atoms with Crippen LogP contribution in [0.5, 0.6) is 0 Å². The maximum atomic E-state index is 13.2. The Labute approximate surface area is 212 Å². The van der Waals surface area contributed by atoms with Crippen molar-refractivity contribution in [2.24, 2.45) is 11.3 Å². The van der Waals surface area contributed by atoms with Gasteiger partial charge < -0.3 is 14.2 Å². The molecule has 1 aromatic heterocycles. The molecule has 0 N–H and O–H groups in total. The van der Waals surface area contributed by atoms with Crippen LogP contribution in [-0.2, 0) is 28.8 Å². The first-order valence-corrected chi connectivity index (χ1v) is 13.6. The van der Waals surface area contributed by atoms with Crippen LogP contribution in [0, 0.1) is 11.3 Å². The van der Waals surface area contributed by atoms with Gasteiger partial charge in [-0.05, 0) is 82.2 Å². The number of aromatic nitrogens is 4. The third-order valence-electron chi connectivity index (χ3n) is 5.98. The molecule has 1 aromatic carbocycles. The van der Waals surface area contributed by atoms with Crippen molar-refractivity contribution in [1.82, 2.24) is 20.2 Å². The molecular formula is C25H36N4O6S. The highest BCUT2D eigenvalue weighted by molar-refractivity contribution is 7.91. The van der Waals surface area contributed by atoms with Crippen molar-refractivity contribution in [3.63, 3.8) is 0 Å². The Hall–Kier alpha value is -2.63. The van der Waals surface area contributed by atoms with Crippen LogP contribution in [0.25, 0.3) is 5.69 Å². The van der Waals surface area contributed by atoms with Crippen LogP contribution in [0.1, 0.15) is 54.9 Å². The van der Waals surface area contributed by atoms with Gasteiger partial charge in [0.1, 0.15) is 6.61 Å². The zero-order valence-electron chi connectivity index (χ0n) is 22.0. The molecule has 1 fully saturated rings. The van der Waals surface area contributed by atoms with E-state index in [1.807, 2.05) is 26.0 Å². The fraction of sp³-hybridized carbons (Fsp3) is 0.600. The van der Waals surface area contributed by atoms with E-state index in [4.69, 9.17) is 14.2 Å². The molecule has 0 radical (unpaired) electrons. The number of carbonyl (C=O) groups excluding carboxylic acids is 1. The van der Waals surface area contributed by atoms with Crippen molar-refractivity contribution in [3.05, 3.63) is 42.0 Å². The largest absolute Gasteiger partial charge is 0.461 e. The minimum absolute atomic E-state index is 0.136. The molecule has 0 amide bonds. The Morgan fingerprint density at radius 1 is 1.19 bits per heavy atom. The molecule has 2 aromatic rings. The summed E-state index contributed by atoms with van der Waals surface area (Å²) >= 11 is 0. The summed E-state index contributed by atoms with van der Waals surface area (Å²) in [6.07, 6.45) is 1.34. The second-order valence-corrected chi connectivity index (χ2v) is 12.6. The molecule has 36 heavy (non-hydrogen) atoms. The van der Waals surface area contributed by atoms with Gasteiger partial charge in [0, 0.05) is 5.92 Å². The van der Waals surface area contributed by atoms with E-state index in [0.29, 0.717) is 5.69 Å². The average Bonchev–Trinajstić information content (AvgIpc) is 3.30. The van der Waals surface area contributed by atoms with Crippen LogP contribution in [0.2, 0.25) is 0 Å². The zero-order chi connectivity index (χ0) is 26.7. The van der Waals surface area contributed by atoms with E-state index in [-0.39, 0.29) is 41.9 Å². The molecule has 198 valence electrons.